The van der Waals surface area contributed by atoms with E-state index in [1.165, 1.54) is 30.6 Å². The lowest BCUT2D eigenvalue weighted by Gasteiger charge is -2.09. The molecular weight excluding hydrogens is 312 g/mol. The standard InChI is InChI=1S/C13H12N2O4S2/c1-19-12(18)8-4-2-3-5-9(8)14-10(16)6-20-13-15-11(17)7-21-13/h2-5H,6-7H2,1H3,(H,14,16). The third-order valence-corrected chi connectivity index (χ3v) is 4.65. The first-order chi connectivity index (χ1) is 10.1. The van der Waals surface area contributed by atoms with Crippen LogP contribution in [0.1, 0.15) is 10.4 Å². The van der Waals surface area contributed by atoms with E-state index in [2.05, 4.69) is 15.0 Å². The number of esters is 1. The molecule has 1 N–H and O–H groups in total. The maximum Gasteiger partial charge on any atom is 0.339 e. The van der Waals surface area contributed by atoms with Crippen molar-refractivity contribution in [3.05, 3.63) is 29.8 Å². The number of amides is 2. The smallest absolute Gasteiger partial charge is 0.339 e. The van der Waals surface area contributed by atoms with E-state index < -0.39 is 5.97 Å². The number of thioether (sulfide) groups is 2. The van der Waals surface area contributed by atoms with Crippen molar-refractivity contribution in [1.82, 2.24) is 0 Å². The van der Waals surface area contributed by atoms with Crippen LogP contribution in [0.3, 0.4) is 0 Å². The van der Waals surface area contributed by atoms with Crippen molar-refractivity contribution < 1.29 is 19.1 Å². The van der Waals surface area contributed by atoms with Crippen molar-refractivity contribution >= 4 is 51.4 Å². The highest BCUT2D eigenvalue weighted by molar-refractivity contribution is 8.39. The first kappa shape index (κ1) is 15.6. The van der Waals surface area contributed by atoms with Gasteiger partial charge in [-0.3, -0.25) is 9.59 Å². The minimum absolute atomic E-state index is 0.120. The maximum absolute atomic E-state index is 11.9. The van der Waals surface area contributed by atoms with Crippen LogP contribution in [-0.2, 0) is 14.3 Å². The average molecular weight is 324 g/mol. The number of aliphatic imine (C=N–C) groups is 1. The molecule has 0 saturated heterocycles. The number of rotatable bonds is 4. The number of nitrogens with one attached hydrogen (secondary N) is 1. The van der Waals surface area contributed by atoms with Gasteiger partial charge in [-0.25, -0.2) is 4.79 Å². The summed E-state index contributed by atoms with van der Waals surface area (Å²) in [7, 11) is 1.28. The molecule has 0 radical (unpaired) electrons. The number of nitrogens with zero attached hydrogens (tertiary/aromatic N) is 1. The molecular formula is C13H12N2O4S2. The highest BCUT2D eigenvalue weighted by atomic mass is 32.2. The van der Waals surface area contributed by atoms with Crippen molar-refractivity contribution in [2.45, 2.75) is 0 Å². The largest absolute Gasteiger partial charge is 0.465 e. The van der Waals surface area contributed by atoms with Crippen LogP contribution in [0.2, 0.25) is 0 Å². The van der Waals surface area contributed by atoms with Gasteiger partial charge in [-0.05, 0) is 12.1 Å². The monoisotopic (exact) mass is 324 g/mol. The molecule has 0 spiro atoms. The molecule has 110 valence electrons. The van der Waals surface area contributed by atoms with Gasteiger partial charge >= 0.3 is 5.97 Å². The topological polar surface area (TPSA) is 84.8 Å². The Morgan fingerprint density at radius 1 is 1.43 bits per heavy atom. The summed E-state index contributed by atoms with van der Waals surface area (Å²) < 4.78 is 5.25. The second kappa shape index (κ2) is 7.28. The first-order valence-electron chi connectivity index (χ1n) is 5.94. The number of benzene rings is 1. The lowest BCUT2D eigenvalue weighted by atomic mass is 10.2. The Balaban J connectivity index is 1.95. The SMILES string of the molecule is COC(=O)c1ccccc1NC(=O)CSC1=NC(=O)CS1. The summed E-state index contributed by atoms with van der Waals surface area (Å²) in [5.41, 5.74) is 0.688. The Hall–Kier alpha value is -1.80. The van der Waals surface area contributed by atoms with Gasteiger partial charge in [0.25, 0.3) is 5.91 Å². The lowest BCUT2D eigenvalue weighted by Crippen LogP contribution is -2.17. The molecule has 0 saturated carbocycles. The van der Waals surface area contributed by atoms with Crippen molar-refractivity contribution in [2.75, 3.05) is 23.9 Å². The van der Waals surface area contributed by atoms with Gasteiger partial charge < -0.3 is 10.1 Å². The van der Waals surface area contributed by atoms with Crippen LogP contribution >= 0.6 is 23.5 Å². The first-order valence-corrected chi connectivity index (χ1v) is 7.91. The molecule has 0 unspecified atom stereocenters. The van der Waals surface area contributed by atoms with Crippen LogP contribution in [0, 0.1) is 0 Å². The zero-order valence-electron chi connectivity index (χ0n) is 11.1. The Labute approximate surface area is 129 Å². The summed E-state index contributed by atoms with van der Waals surface area (Å²) >= 11 is 2.52. The second-order valence-corrected chi connectivity index (χ2v) is 6.12. The highest BCUT2D eigenvalue weighted by Crippen LogP contribution is 2.23. The van der Waals surface area contributed by atoms with E-state index in [1.54, 1.807) is 24.3 Å². The molecule has 2 rings (SSSR count). The fourth-order valence-corrected chi connectivity index (χ4v) is 3.22. The Morgan fingerprint density at radius 2 is 2.19 bits per heavy atom. The van der Waals surface area contributed by atoms with Gasteiger partial charge in [-0.1, -0.05) is 35.7 Å². The number of para-hydroxylation sites is 1. The molecule has 2 amide bonds. The van der Waals surface area contributed by atoms with E-state index in [1.807, 2.05) is 0 Å². The van der Waals surface area contributed by atoms with E-state index in [-0.39, 0.29) is 17.6 Å². The number of carbonyl (C=O) groups excluding carboxylic acids is 3. The van der Waals surface area contributed by atoms with Gasteiger partial charge in [-0.15, -0.1) is 0 Å². The van der Waals surface area contributed by atoms with Crippen LogP contribution in [0.25, 0.3) is 0 Å². The van der Waals surface area contributed by atoms with E-state index in [0.717, 1.165) is 0 Å². The van der Waals surface area contributed by atoms with Crippen molar-refractivity contribution in [3.63, 3.8) is 0 Å². The molecule has 0 aliphatic carbocycles. The van der Waals surface area contributed by atoms with Gasteiger partial charge in [-0.2, -0.15) is 4.99 Å². The van der Waals surface area contributed by atoms with Gasteiger partial charge in [0.2, 0.25) is 5.91 Å². The van der Waals surface area contributed by atoms with E-state index in [9.17, 15) is 14.4 Å². The lowest BCUT2D eigenvalue weighted by molar-refractivity contribution is -0.115. The summed E-state index contributed by atoms with van der Waals surface area (Å²) in [6.45, 7) is 0. The number of hydrogen-bond donors (Lipinski definition) is 1. The zero-order chi connectivity index (χ0) is 15.2. The number of ether oxygens (including phenoxy) is 1. The quantitative estimate of drug-likeness (QED) is 0.850. The van der Waals surface area contributed by atoms with Gasteiger partial charge in [0.1, 0.15) is 4.38 Å². The predicted octanol–water partition coefficient (Wildman–Crippen LogP) is 1.77. The molecule has 1 heterocycles. The summed E-state index contributed by atoms with van der Waals surface area (Å²) in [5.74, 6) is -0.526. The Kier molecular flexibility index (Phi) is 5.40. The predicted molar refractivity (Wildman–Crippen MR) is 83.8 cm³/mol. The molecule has 0 fully saturated rings. The molecule has 0 aromatic heterocycles. The highest BCUT2D eigenvalue weighted by Gasteiger charge is 2.17. The number of hydrogen-bond acceptors (Lipinski definition) is 6. The van der Waals surface area contributed by atoms with Crippen LogP contribution in [0.15, 0.2) is 29.3 Å². The summed E-state index contributed by atoms with van der Waals surface area (Å²) in [6.07, 6.45) is 0. The summed E-state index contributed by atoms with van der Waals surface area (Å²) in [4.78, 5) is 38.2. The molecule has 21 heavy (non-hydrogen) atoms. The molecule has 1 aromatic rings. The van der Waals surface area contributed by atoms with Crippen LogP contribution in [-0.4, -0.2) is 40.8 Å². The van der Waals surface area contributed by atoms with E-state index >= 15 is 0 Å². The molecule has 0 atom stereocenters. The molecule has 6 nitrogen and oxygen atoms in total. The Bertz CT molecular complexity index is 616. The minimum atomic E-state index is -0.514. The van der Waals surface area contributed by atoms with Crippen molar-refractivity contribution in [1.29, 1.82) is 0 Å². The normalized spacial score (nSPS) is 13.8. The van der Waals surface area contributed by atoms with Crippen LogP contribution < -0.4 is 5.32 Å². The van der Waals surface area contributed by atoms with Gasteiger partial charge in [0.05, 0.1) is 29.9 Å². The van der Waals surface area contributed by atoms with Crippen molar-refractivity contribution in [3.8, 4) is 0 Å². The molecule has 0 bridgehead atoms. The van der Waals surface area contributed by atoms with Crippen molar-refractivity contribution in [2.24, 2.45) is 4.99 Å². The molecule has 1 aromatic carbocycles. The summed E-state index contributed by atoms with van der Waals surface area (Å²) in [5, 5.41) is 2.65. The van der Waals surface area contributed by atoms with Crippen LogP contribution in [0.4, 0.5) is 5.69 Å². The van der Waals surface area contributed by atoms with Gasteiger partial charge in [0.15, 0.2) is 0 Å². The number of carbonyl (C=O) groups is 3. The number of anilines is 1. The Morgan fingerprint density at radius 3 is 2.86 bits per heavy atom. The fraction of sp³-hybridized carbons (Fsp3) is 0.231. The van der Waals surface area contributed by atoms with Gasteiger partial charge in [0, 0.05) is 0 Å². The third-order valence-electron chi connectivity index (χ3n) is 2.47. The summed E-state index contributed by atoms with van der Waals surface area (Å²) in [6, 6.07) is 6.60. The minimum Gasteiger partial charge on any atom is -0.465 e. The van der Waals surface area contributed by atoms with Crippen LogP contribution in [0.5, 0.6) is 0 Å². The third kappa shape index (κ3) is 4.33. The van der Waals surface area contributed by atoms with E-state index in [4.69, 9.17) is 0 Å². The molecule has 1 aliphatic heterocycles. The maximum atomic E-state index is 11.9. The fourth-order valence-electron chi connectivity index (χ4n) is 1.56. The van der Waals surface area contributed by atoms with E-state index in [0.29, 0.717) is 21.4 Å². The molecule has 1 aliphatic rings. The number of methoxy groups -OCH3 is 1. The molecule has 8 heteroatoms. The zero-order valence-corrected chi connectivity index (χ0v) is 12.8. The second-order valence-electron chi connectivity index (χ2n) is 3.93. The average Bonchev–Trinajstić information content (AvgIpc) is 2.90.